The summed E-state index contributed by atoms with van der Waals surface area (Å²) in [6.45, 7) is 24.5. The molecule has 2 rings (SSSR count). The lowest BCUT2D eigenvalue weighted by atomic mass is 9.98. The molecule has 196 valence electrons. The van der Waals surface area contributed by atoms with Gasteiger partial charge in [-0.05, 0) is 76.6 Å². The third kappa shape index (κ3) is 6.82. The lowest BCUT2D eigenvalue weighted by Gasteiger charge is -2.18. The van der Waals surface area contributed by atoms with Gasteiger partial charge in [-0.2, -0.15) is 0 Å². The summed E-state index contributed by atoms with van der Waals surface area (Å²) in [5, 5.41) is 6.86. The van der Waals surface area contributed by atoms with Crippen molar-refractivity contribution in [1.82, 2.24) is 14.5 Å². The number of likely N-dealkylation sites (N-methyl/N-ethyl adjacent to an activating group) is 1. The fraction of sp³-hybridized carbons (Fsp3) is 0.467. The van der Waals surface area contributed by atoms with Gasteiger partial charge < -0.3 is 5.32 Å². The Balaban J connectivity index is 0. The first-order valence-corrected chi connectivity index (χ1v) is 12.7. The SMILES string of the molecule is C=c1cc(C)c(/C(C=NC)=C/C)c/c1=c1/c(=C\C)n(C)c(=O)n1C(=C(C)C)C(C)NC.CC.CC.[HH]. The minimum atomic E-state index is -0.0655. The van der Waals surface area contributed by atoms with Crippen LogP contribution in [0.1, 0.15) is 74.9 Å². The van der Waals surface area contributed by atoms with Gasteiger partial charge in [0.1, 0.15) is 0 Å². The average Bonchev–Trinajstić information content (AvgIpc) is 3.09. The number of nitrogens with one attached hydrogen (secondary N) is 1. The van der Waals surface area contributed by atoms with E-state index < -0.39 is 0 Å². The molecular weight excluding hydrogens is 432 g/mol. The molecule has 5 heteroatoms. The van der Waals surface area contributed by atoms with Crippen LogP contribution in [-0.2, 0) is 7.05 Å². The minimum absolute atomic E-state index is 0. The molecule has 0 spiro atoms. The largest absolute Gasteiger partial charge is 0.333 e. The molecule has 0 fully saturated rings. The fourth-order valence-electron chi connectivity index (χ4n) is 4.16. The van der Waals surface area contributed by atoms with E-state index in [1.54, 1.807) is 11.6 Å². The summed E-state index contributed by atoms with van der Waals surface area (Å²) in [5.41, 5.74) is 5.22. The first-order chi connectivity index (χ1) is 16.6. The van der Waals surface area contributed by atoms with Crippen LogP contribution in [0.25, 0.3) is 23.9 Å². The van der Waals surface area contributed by atoms with E-state index in [1.165, 1.54) is 0 Å². The van der Waals surface area contributed by atoms with Crippen molar-refractivity contribution >= 4 is 30.1 Å². The molecule has 5 nitrogen and oxygen atoms in total. The quantitative estimate of drug-likeness (QED) is 0.592. The van der Waals surface area contributed by atoms with Gasteiger partial charge in [-0.15, -0.1) is 0 Å². The summed E-state index contributed by atoms with van der Waals surface area (Å²) in [6.07, 6.45) is 5.91. The van der Waals surface area contributed by atoms with Gasteiger partial charge >= 0.3 is 5.69 Å². The van der Waals surface area contributed by atoms with Crippen LogP contribution in [0.3, 0.4) is 0 Å². The number of aromatic nitrogens is 2. The third-order valence-corrected chi connectivity index (χ3v) is 5.77. The van der Waals surface area contributed by atoms with Crippen LogP contribution in [0.5, 0.6) is 0 Å². The first-order valence-electron chi connectivity index (χ1n) is 12.7. The van der Waals surface area contributed by atoms with E-state index in [9.17, 15) is 4.79 Å². The molecule has 0 bridgehead atoms. The second-order valence-corrected chi connectivity index (χ2v) is 8.05. The fourth-order valence-corrected chi connectivity index (χ4v) is 4.16. The highest BCUT2D eigenvalue weighted by atomic mass is 16.1. The van der Waals surface area contributed by atoms with Crippen LogP contribution in [0.15, 0.2) is 33.6 Å². The maximum Gasteiger partial charge on any atom is 0.333 e. The Kier molecular flexibility index (Phi) is 13.9. The number of hydrogen-bond donors (Lipinski definition) is 1. The van der Waals surface area contributed by atoms with Gasteiger partial charge in [0.25, 0.3) is 0 Å². The van der Waals surface area contributed by atoms with Gasteiger partial charge in [0.2, 0.25) is 0 Å². The van der Waals surface area contributed by atoms with E-state index in [2.05, 4.69) is 48.9 Å². The van der Waals surface area contributed by atoms with Crippen molar-refractivity contribution < 1.29 is 1.43 Å². The Morgan fingerprint density at radius 2 is 1.74 bits per heavy atom. The van der Waals surface area contributed by atoms with Crippen molar-refractivity contribution in [2.45, 2.75) is 75.3 Å². The molecule has 1 N–H and O–H groups in total. The summed E-state index contributed by atoms with van der Waals surface area (Å²) in [4.78, 5) is 17.7. The van der Waals surface area contributed by atoms with E-state index in [-0.39, 0.29) is 13.2 Å². The van der Waals surface area contributed by atoms with Crippen molar-refractivity contribution in [3.8, 4) is 0 Å². The molecule has 0 aliphatic rings. The lowest BCUT2D eigenvalue weighted by Crippen LogP contribution is -2.33. The van der Waals surface area contributed by atoms with E-state index in [0.717, 1.165) is 49.1 Å². The minimum Gasteiger partial charge on any atom is -0.312 e. The molecule has 0 saturated carbocycles. The highest BCUT2D eigenvalue weighted by molar-refractivity contribution is 6.10. The first kappa shape index (κ1) is 32.1. The van der Waals surface area contributed by atoms with Crippen LogP contribution in [0.2, 0.25) is 0 Å². The number of nitrogens with zero attached hydrogens (tertiary/aromatic N) is 3. The van der Waals surface area contributed by atoms with Crippen LogP contribution in [-0.4, -0.2) is 35.5 Å². The smallest absolute Gasteiger partial charge is 0.312 e. The van der Waals surface area contributed by atoms with Gasteiger partial charge in [0.15, 0.2) is 0 Å². The Labute approximate surface area is 214 Å². The molecule has 1 aromatic heterocycles. The van der Waals surface area contributed by atoms with Gasteiger partial charge in [0.05, 0.1) is 10.7 Å². The van der Waals surface area contributed by atoms with Gasteiger partial charge in [-0.25, -0.2) is 4.79 Å². The molecule has 0 radical (unpaired) electrons. The predicted octanol–water partition coefficient (Wildman–Crippen LogP) is 5.25. The van der Waals surface area contributed by atoms with Crippen molar-refractivity contribution in [3.05, 3.63) is 66.5 Å². The van der Waals surface area contributed by atoms with E-state index in [0.29, 0.717) is 0 Å². The second-order valence-electron chi connectivity index (χ2n) is 8.05. The number of allylic oxidation sites excluding steroid dienone is 3. The summed E-state index contributed by atoms with van der Waals surface area (Å²) in [5.74, 6) is 0. The second kappa shape index (κ2) is 15.2. The van der Waals surface area contributed by atoms with E-state index >= 15 is 0 Å². The summed E-state index contributed by atoms with van der Waals surface area (Å²) < 4.78 is 3.56. The van der Waals surface area contributed by atoms with E-state index in [4.69, 9.17) is 0 Å². The maximum absolute atomic E-state index is 13.5. The number of benzene rings is 1. The van der Waals surface area contributed by atoms with Gasteiger partial charge in [0, 0.05) is 38.7 Å². The summed E-state index contributed by atoms with van der Waals surface area (Å²) in [6, 6.07) is 4.23. The Morgan fingerprint density at radius 3 is 2.17 bits per heavy atom. The number of rotatable bonds is 5. The molecule has 1 heterocycles. The van der Waals surface area contributed by atoms with Crippen molar-refractivity contribution in [3.63, 3.8) is 0 Å². The van der Waals surface area contributed by atoms with Gasteiger partial charge in [-0.1, -0.05) is 58.1 Å². The molecule has 0 saturated heterocycles. The third-order valence-electron chi connectivity index (χ3n) is 5.77. The molecule has 2 aromatic rings. The number of aliphatic imine (C=N–C) groups is 1. The Morgan fingerprint density at radius 1 is 1.17 bits per heavy atom. The molecular formula is C30H50N4O. The predicted molar refractivity (Wildman–Crippen MR) is 159 cm³/mol. The molecule has 35 heavy (non-hydrogen) atoms. The average molecular weight is 483 g/mol. The Hall–Kier alpha value is -2.92. The van der Waals surface area contributed by atoms with Crippen LogP contribution < -0.4 is 21.6 Å². The standard InChI is InChI=1S/C26H36N4O.2C2H6.H2/c1-11-20(15-27-8)21-14-22(18(6)13-17(21)5)25-23(12-2)29(10)26(31)30(25)24(16(3)4)19(7)28-9;2*1-2;/h11-15,19,28H,6H2,1-5,7-10H3;2*1-2H3;1H/b20-11+,23-12+,25-22+,27-15?;;;. The van der Waals surface area contributed by atoms with Crippen molar-refractivity contribution in [2.75, 3.05) is 14.1 Å². The summed E-state index contributed by atoms with van der Waals surface area (Å²) >= 11 is 0. The van der Waals surface area contributed by atoms with Crippen LogP contribution in [0, 0.1) is 17.5 Å². The lowest BCUT2D eigenvalue weighted by molar-refractivity contribution is 0.690. The van der Waals surface area contributed by atoms with Crippen LogP contribution in [0.4, 0.5) is 0 Å². The number of hydrogen-bond acceptors (Lipinski definition) is 3. The normalized spacial score (nSPS) is 13.6. The number of aryl methyl sites for hydroxylation is 1. The van der Waals surface area contributed by atoms with Gasteiger partial charge in [-0.3, -0.25) is 14.1 Å². The zero-order valence-corrected chi connectivity index (χ0v) is 24.4. The van der Waals surface area contributed by atoms with Crippen LogP contribution >= 0.6 is 0 Å². The topological polar surface area (TPSA) is 51.3 Å². The highest BCUT2D eigenvalue weighted by Gasteiger charge is 2.18. The molecule has 0 amide bonds. The highest BCUT2D eigenvalue weighted by Crippen LogP contribution is 2.18. The number of imidazole rings is 1. The molecule has 0 aliphatic heterocycles. The molecule has 1 unspecified atom stereocenters. The van der Waals surface area contributed by atoms with Crippen molar-refractivity contribution in [2.24, 2.45) is 12.0 Å². The molecule has 1 atom stereocenters. The zero-order valence-electron chi connectivity index (χ0n) is 24.4. The van der Waals surface area contributed by atoms with E-state index in [1.807, 2.05) is 86.3 Å². The Bertz CT molecular complexity index is 1340. The monoisotopic (exact) mass is 482 g/mol. The summed E-state index contributed by atoms with van der Waals surface area (Å²) in [7, 11) is 5.51. The zero-order chi connectivity index (χ0) is 27.5. The molecule has 1 aromatic carbocycles. The maximum atomic E-state index is 13.5. The molecule has 0 aliphatic carbocycles. The van der Waals surface area contributed by atoms with Crippen molar-refractivity contribution in [1.29, 1.82) is 0 Å².